The Kier molecular flexibility index (Phi) is 5.55. The van der Waals surface area contributed by atoms with Crippen molar-refractivity contribution < 1.29 is 14.5 Å². The standard InChI is InChI=1S/C18H27N3O4/c1-13-12-15(6-7-16(13)21(23)24)20-10-8-14(9-11-20)19(5)17(22)25-18(2,3)4/h6-7,12,14H,8-11H2,1-5H3. The zero-order valence-electron chi connectivity index (χ0n) is 15.6. The number of nitro benzene ring substituents is 1. The number of anilines is 1. The first-order valence-corrected chi connectivity index (χ1v) is 8.54. The maximum absolute atomic E-state index is 12.2. The van der Waals surface area contributed by atoms with Crippen molar-refractivity contribution in [2.75, 3.05) is 25.0 Å². The second-order valence-electron chi connectivity index (χ2n) is 7.54. The highest BCUT2D eigenvalue weighted by atomic mass is 16.6. The number of ether oxygens (including phenoxy) is 1. The van der Waals surface area contributed by atoms with Crippen LogP contribution in [0.2, 0.25) is 0 Å². The lowest BCUT2D eigenvalue weighted by Gasteiger charge is -2.38. The number of carbonyl (C=O) groups excluding carboxylic acids is 1. The van der Waals surface area contributed by atoms with Gasteiger partial charge in [0.15, 0.2) is 0 Å². The number of nitro groups is 1. The minimum absolute atomic E-state index is 0.142. The molecular formula is C18H27N3O4. The summed E-state index contributed by atoms with van der Waals surface area (Å²) in [4.78, 5) is 26.6. The zero-order valence-corrected chi connectivity index (χ0v) is 15.6. The van der Waals surface area contributed by atoms with Crippen molar-refractivity contribution in [1.82, 2.24) is 4.90 Å². The molecule has 7 heteroatoms. The number of carbonyl (C=O) groups is 1. The second kappa shape index (κ2) is 7.29. The molecule has 0 spiro atoms. The van der Waals surface area contributed by atoms with Gasteiger partial charge >= 0.3 is 6.09 Å². The Morgan fingerprint density at radius 3 is 2.40 bits per heavy atom. The maximum Gasteiger partial charge on any atom is 0.410 e. The molecule has 1 aromatic rings. The number of rotatable bonds is 3. The minimum atomic E-state index is -0.498. The Bertz CT molecular complexity index is 646. The summed E-state index contributed by atoms with van der Waals surface area (Å²) in [6.45, 7) is 8.93. The second-order valence-corrected chi connectivity index (χ2v) is 7.54. The molecule has 1 heterocycles. The first kappa shape index (κ1) is 19.0. The normalized spacial score (nSPS) is 15.8. The molecule has 0 bridgehead atoms. The summed E-state index contributed by atoms with van der Waals surface area (Å²) in [7, 11) is 1.78. The van der Waals surface area contributed by atoms with Gasteiger partial charge in [-0.05, 0) is 52.7 Å². The third-order valence-corrected chi connectivity index (χ3v) is 4.44. The quantitative estimate of drug-likeness (QED) is 0.614. The summed E-state index contributed by atoms with van der Waals surface area (Å²) in [6, 6.07) is 5.35. The lowest BCUT2D eigenvalue weighted by molar-refractivity contribution is -0.385. The molecule has 1 fully saturated rings. The number of benzene rings is 1. The van der Waals surface area contributed by atoms with Crippen molar-refractivity contribution in [2.45, 2.75) is 52.2 Å². The smallest absolute Gasteiger partial charge is 0.410 e. The number of aryl methyl sites for hydroxylation is 1. The Hall–Kier alpha value is -2.31. The summed E-state index contributed by atoms with van der Waals surface area (Å²) < 4.78 is 5.43. The van der Waals surface area contributed by atoms with Crippen LogP contribution in [0.5, 0.6) is 0 Å². The zero-order chi connectivity index (χ0) is 18.8. The van der Waals surface area contributed by atoms with Crippen LogP contribution in [0.4, 0.5) is 16.2 Å². The average Bonchev–Trinajstić information content (AvgIpc) is 2.52. The van der Waals surface area contributed by atoms with E-state index in [0.717, 1.165) is 31.6 Å². The molecule has 1 saturated heterocycles. The van der Waals surface area contributed by atoms with Gasteiger partial charge in [-0.2, -0.15) is 0 Å². The molecule has 0 aromatic heterocycles. The van der Waals surface area contributed by atoms with Crippen molar-refractivity contribution >= 4 is 17.5 Å². The van der Waals surface area contributed by atoms with Crippen LogP contribution in [0.1, 0.15) is 39.2 Å². The Morgan fingerprint density at radius 2 is 1.92 bits per heavy atom. The van der Waals surface area contributed by atoms with E-state index in [-0.39, 0.29) is 22.7 Å². The van der Waals surface area contributed by atoms with Crippen LogP contribution >= 0.6 is 0 Å². The van der Waals surface area contributed by atoms with Crippen LogP contribution in [-0.2, 0) is 4.74 Å². The predicted octanol–water partition coefficient (Wildman–Crippen LogP) is 3.74. The molecule has 138 valence electrons. The molecule has 0 N–H and O–H groups in total. The molecule has 0 saturated carbocycles. The number of hydrogen-bond acceptors (Lipinski definition) is 5. The van der Waals surface area contributed by atoms with Crippen molar-refractivity contribution in [3.8, 4) is 0 Å². The van der Waals surface area contributed by atoms with Gasteiger partial charge in [0, 0.05) is 43.5 Å². The van der Waals surface area contributed by atoms with E-state index in [1.54, 1.807) is 31.0 Å². The summed E-state index contributed by atoms with van der Waals surface area (Å²) >= 11 is 0. The summed E-state index contributed by atoms with van der Waals surface area (Å²) in [5, 5.41) is 10.9. The van der Waals surface area contributed by atoms with Gasteiger partial charge in [0.1, 0.15) is 5.60 Å². The monoisotopic (exact) mass is 349 g/mol. The van der Waals surface area contributed by atoms with E-state index in [4.69, 9.17) is 4.74 Å². The van der Waals surface area contributed by atoms with E-state index < -0.39 is 5.60 Å². The lowest BCUT2D eigenvalue weighted by Crippen LogP contribution is -2.47. The van der Waals surface area contributed by atoms with Gasteiger partial charge in [0.25, 0.3) is 5.69 Å². The molecule has 2 rings (SSSR count). The number of amides is 1. The SMILES string of the molecule is Cc1cc(N2CCC(N(C)C(=O)OC(C)(C)C)CC2)ccc1[N+](=O)[O-]. The fourth-order valence-electron chi connectivity index (χ4n) is 3.04. The molecule has 1 aliphatic rings. The fourth-order valence-corrected chi connectivity index (χ4v) is 3.04. The van der Waals surface area contributed by atoms with E-state index in [9.17, 15) is 14.9 Å². The molecule has 1 amide bonds. The summed E-state index contributed by atoms with van der Waals surface area (Å²) in [5.74, 6) is 0. The topological polar surface area (TPSA) is 75.9 Å². The highest BCUT2D eigenvalue weighted by Gasteiger charge is 2.28. The number of nitrogens with zero attached hydrogens (tertiary/aromatic N) is 3. The van der Waals surface area contributed by atoms with Crippen LogP contribution < -0.4 is 4.90 Å². The predicted molar refractivity (Wildman–Crippen MR) is 97.1 cm³/mol. The third kappa shape index (κ3) is 4.84. The molecule has 1 aliphatic heterocycles. The van der Waals surface area contributed by atoms with Gasteiger partial charge in [0.2, 0.25) is 0 Å². The van der Waals surface area contributed by atoms with Crippen LogP contribution in [0.15, 0.2) is 18.2 Å². The molecule has 0 unspecified atom stereocenters. The Balaban J connectivity index is 1.96. The largest absolute Gasteiger partial charge is 0.444 e. The molecule has 0 aliphatic carbocycles. The van der Waals surface area contributed by atoms with E-state index in [1.165, 1.54) is 0 Å². The van der Waals surface area contributed by atoms with Gasteiger partial charge in [-0.3, -0.25) is 10.1 Å². The van der Waals surface area contributed by atoms with E-state index in [2.05, 4.69) is 4.90 Å². The summed E-state index contributed by atoms with van der Waals surface area (Å²) in [5.41, 5.74) is 1.29. The Morgan fingerprint density at radius 1 is 1.32 bits per heavy atom. The molecule has 7 nitrogen and oxygen atoms in total. The average molecular weight is 349 g/mol. The number of hydrogen-bond donors (Lipinski definition) is 0. The van der Waals surface area contributed by atoms with E-state index in [1.807, 2.05) is 26.8 Å². The first-order chi connectivity index (χ1) is 11.6. The molecule has 1 aromatic carbocycles. The van der Waals surface area contributed by atoms with Gasteiger partial charge in [-0.1, -0.05) is 0 Å². The van der Waals surface area contributed by atoms with Gasteiger partial charge < -0.3 is 14.5 Å². The first-order valence-electron chi connectivity index (χ1n) is 8.54. The van der Waals surface area contributed by atoms with Gasteiger partial charge in [-0.25, -0.2) is 4.79 Å². The van der Waals surface area contributed by atoms with Crippen LogP contribution in [0.25, 0.3) is 0 Å². The molecule has 0 atom stereocenters. The maximum atomic E-state index is 12.2. The van der Waals surface area contributed by atoms with Crippen molar-refractivity contribution in [3.63, 3.8) is 0 Å². The van der Waals surface area contributed by atoms with Crippen LogP contribution in [0.3, 0.4) is 0 Å². The molecule has 25 heavy (non-hydrogen) atoms. The van der Waals surface area contributed by atoms with Crippen molar-refractivity contribution in [2.24, 2.45) is 0 Å². The van der Waals surface area contributed by atoms with E-state index >= 15 is 0 Å². The summed E-state index contributed by atoms with van der Waals surface area (Å²) in [6.07, 6.45) is 1.38. The van der Waals surface area contributed by atoms with Crippen LogP contribution in [0, 0.1) is 17.0 Å². The lowest BCUT2D eigenvalue weighted by atomic mass is 10.0. The molecule has 0 radical (unpaired) electrons. The number of piperidine rings is 1. The third-order valence-electron chi connectivity index (χ3n) is 4.44. The van der Waals surface area contributed by atoms with Crippen LogP contribution in [-0.4, -0.2) is 47.7 Å². The van der Waals surface area contributed by atoms with Crippen molar-refractivity contribution in [3.05, 3.63) is 33.9 Å². The van der Waals surface area contributed by atoms with Gasteiger partial charge in [-0.15, -0.1) is 0 Å². The molecular weight excluding hydrogens is 322 g/mol. The highest BCUT2D eigenvalue weighted by molar-refractivity contribution is 5.68. The highest BCUT2D eigenvalue weighted by Crippen LogP contribution is 2.27. The van der Waals surface area contributed by atoms with Gasteiger partial charge in [0.05, 0.1) is 4.92 Å². The van der Waals surface area contributed by atoms with E-state index in [0.29, 0.717) is 5.56 Å². The fraction of sp³-hybridized carbons (Fsp3) is 0.611. The van der Waals surface area contributed by atoms with Crippen molar-refractivity contribution in [1.29, 1.82) is 0 Å². The Labute approximate surface area is 148 Å². The minimum Gasteiger partial charge on any atom is -0.444 e.